The van der Waals surface area contributed by atoms with Gasteiger partial charge in [-0.15, -0.1) is 0 Å². The Hall–Kier alpha value is -3.04. The lowest BCUT2D eigenvalue weighted by atomic mass is 9.62. The molecule has 46 heavy (non-hydrogen) atoms. The molecule has 1 saturated heterocycles. The Morgan fingerprint density at radius 1 is 1.00 bits per heavy atom. The van der Waals surface area contributed by atoms with Crippen LogP contribution < -0.4 is 16.0 Å². The molecular formula is C36H47ClF2N4O3. The molecular weight excluding hydrogens is 610 g/mol. The summed E-state index contributed by atoms with van der Waals surface area (Å²) < 4.78 is 28.3. The summed E-state index contributed by atoms with van der Waals surface area (Å²) in [6.45, 7) is 7.15. The molecule has 7 nitrogen and oxygen atoms in total. The molecule has 2 fully saturated rings. The van der Waals surface area contributed by atoms with Crippen molar-refractivity contribution in [3.05, 3.63) is 70.2 Å². The lowest BCUT2D eigenvalue weighted by molar-refractivity contribution is -0.150. The lowest BCUT2D eigenvalue weighted by Gasteiger charge is -2.48. The summed E-state index contributed by atoms with van der Waals surface area (Å²) in [5.41, 5.74) is 1.89. The third kappa shape index (κ3) is 8.26. The van der Waals surface area contributed by atoms with E-state index in [1.54, 1.807) is 17.0 Å². The highest BCUT2D eigenvalue weighted by Crippen LogP contribution is 2.49. The maximum Gasteiger partial charge on any atom is 0.248 e. The Labute approximate surface area is 276 Å². The summed E-state index contributed by atoms with van der Waals surface area (Å²) >= 11 is 6.11. The van der Waals surface area contributed by atoms with Crippen LogP contribution in [0.15, 0.2) is 48.5 Å². The minimum atomic E-state index is -2.70. The van der Waals surface area contributed by atoms with Crippen molar-refractivity contribution in [2.24, 2.45) is 11.3 Å². The zero-order chi connectivity index (χ0) is 33.1. The first-order chi connectivity index (χ1) is 21.7. The number of hydrogen-bond donors (Lipinski definition) is 3. The van der Waals surface area contributed by atoms with E-state index in [2.05, 4.69) is 22.0 Å². The van der Waals surface area contributed by atoms with E-state index in [4.69, 9.17) is 11.6 Å². The minimum Gasteiger partial charge on any atom is -0.351 e. The molecule has 2 atom stereocenters. The molecule has 2 heterocycles. The van der Waals surface area contributed by atoms with Crippen molar-refractivity contribution in [3.63, 3.8) is 0 Å². The lowest BCUT2D eigenvalue weighted by Crippen LogP contribution is -2.59. The maximum absolute atomic E-state index is 14.1. The topological polar surface area (TPSA) is 90.5 Å². The van der Waals surface area contributed by atoms with Crippen molar-refractivity contribution >= 4 is 29.3 Å². The Bertz CT molecular complexity index is 1390. The summed E-state index contributed by atoms with van der Waals surface area (Å²) in [7, 11) is 0. The highest BCUT2D eigenvalue weighted by atomic mass is 35.5. The van der Waals surface area contributed by atoms with Gasteiger partial charge in [0.25, 0.3) is 0 Å². The summed E-state index contributed by atoms with van der Waals surface area (Å²) in [5, 5.41) is 10.2. The Morgan fingerprint density at radius 3 is 2.30 bits per heavy atom. The molecule has 3 N–H and O–H groups in total. The van der Waals surface area contributed by atoms with Crippen LogP contribution in [-0.4, -0.2) is 59.8 Å². The number of rotatable bonds is 8. The van der Waals surface area contributed by atoms with Gasteiger partial charge in [0.2, 0.25) is 23.6 Å². The molecule has 1 unspecified atom stereocenters. The van der Waals surface area contributed by atoms with Gasteiger partial charge in [0.05, 0.1) is 5.41 Å². The van der Waals surface area contributed by atoms with Gasteiger partial charge in [-0.05, 0) is 94.2 Å². The quantitative estimate of drug-likeness (QED) is 0.326. The Kier molecular flexibility index (Phi) is 10.4. The molecule has 0 spiro atoms. The maximum atomic E-state index is 14.1. The van der Waals surface area contributed by atoms with Gasteiger partial charge in [-0.1, -0.05) is 48.0 Å². The zero-order valence-corrected chi connectivity index (χ0v) is 27.9. The Morgan fingerprint density at radius 2 is 1.65 bits per heavy atom. The highest BCUT2D eigenvalue weighted by Gasteiger charge is 2.51. The fraction of sp³-hybridized carbons (Fsp3) is 0.583. The normalized spacial score (nSPS) is 22.0. The second-order valence-electron chi connectivity index (χ2n) is 14.4. The number of piperidine rings is 1. The van der Waals surface area contributed by atoms with Crippen LogP contribution in [0.4, 0.5) is 8.78 Å². The predicted molar refractivity (Wildman–Crippen MR) is 176 cm³/mol. The molecule has 10 heteroatoms. The molecule has 3 amide bonds. The summed E-state index contributed by atoms with van der Waals surface area (Å²) in [6, 6.07) is 14.4. The van der Waals surface area contributed by atoms with Crippen LogP contribution in [0.5, 0.6) is 0 Å². The van der Waals surface area contributed by atoms with E-state index in [0.717, 1.165) is 24.1 Å². The van der Waals surface area contributed by atoms with E-state index in [0.29, 0.717) is 37.4 Å². The van der Waals surface area contributed by atoms with E-state index < -0.39 is 22.9 Å². The van der Waals surface area contributed by atoms with Crippen molar-refractivity contribution in [1.82, 2.24) is 20.9 Å². The van der Waals surface area contributed by atoms with Crippen molar-refractivity contribution in [2.45, 2.75) is 102 Å². The second-order valence-corrected chi connectivity index (χ2v) is 14.9. The molecule has 2 aliphatic heterocycles. The first-order valence-corrected chi connectivity index (χ1v) is 17.0. The second kappa shape index (κ2) is 14.0. The van der Waals surface area contributed by atoms with Crippen molar-refractivity contribution in [3.8, 4) is 0 Å². The van der Waals surface area contributed by atoms with Crippen LogP contribution in [0.2, 0.25) is 5.02 Å². The molecule has 1 saturated carbocycles. The summed E-state index contributed by atoms with van der Waals surface area (Å²) in [6.07, 6.45) is 2.30. The van der Waals surface area contributed by atoms with Gasteiger partial charge in [0.15, 0.2) is 0 Å². The van der Waals surface area contributed by atoms with Crippen molar-refractivity contribution in [1.29, 1.82) is 0 Å². The number of hydrogen-bond acceptors (Lipinski definition) is 4. The van der Waals surface area contributed by atoms with E-state index >= 15 is 0 Å². The van der Waals surface area contributed by atoms with Gasteiger partial charge in [0.1, 0.15) is 6.04 Å². The molecule has 3 aliphatic rings. The molecule has 1 aliphatic carbocycles. The van der Waals surface area contributed by atoms with Gasteiger partial charge in [-0.2, -0.15) is 0 Å². The molecule has 5 rings (SSSR count). The third-order valence-corrected chi connectivity index (χ3v) is 10.3. The average Bonchev–Trinajstić information content (AvgIpc) is 3.01. The fourth-order valence-corrected chi connectivity index (χ4v) is 7.62. The van der Waals surface area contributed by atoms with E-state index in [-0.39, 0.29) is 61.8 Å². The zero-order valence-electron chi connectivity index (χ0n) is 27.1. The monoisotopic (exact) mass is 656 g/mol. The van der Waals surface area contributed by atoms with E-state index in [1.807, 2.05) is 51.1 Å². The average molecular weight is 657 g/mol. The number of nitrogens with zero attached hydrogens (tertiary/aromatic N) is 1. The molecule has 2 aromatic carbocycles. The number of fused-ring (bicyclic) bond motifs is 1. The molecule has 0 bridgehead atoms. The predicted octanol–water partition coefficient (Wildman–Crippen LogP) is 5.99. The molecule has 2 aromatic rings. The highest BCUT2D eigenvalue weighted by molar-refractivity contribution is 6.30. The van der Waals surface area contributed by atoms with Gasteiger partial charge in [-0.25, -0.2) is 8.78 Å². The summed E-state index contributed by atoms with van der Waals surface area (Å²) in [4.78, 5) is 43.2. The molecule has 0 radical (unpaired) electrons. The number of alkyl halides is 2. The Balaban J connectivity index is 1.31. The number of carbonyl (C=O) groups excluding carboxylic acids is 3. The van der Waals surface area contributed by atoms with Crippen molar-refractivity contribution < 1.29 is 23.2 Å². The van der Waals surface area contributed by atoms with Crippen LogP contribution in [0.25, 0.3) is 0 Å². The minimum absolute atomic E-state index is 0.117. The van der Waals surface area contributed by atoms with Gasteiger partial charge >= 0.3 is 0 Å². The summed E-state index contributed by atoms with van der Waals surface area (Å²) in [5.74, 6) is -3.42. The van der Waals surface area contributed by atoms with Crippen LogP contribution >= 0.6 is 11.6 Å². The molecule has 0 aromatic heterocycles. The van der Waals surface area contributed by atoms with Crippen LogP contribution in [-0.2, 0) is 27.2 Å². The first kappa shape index (κ1) is 34.3. The van der Waals surface area contributed by atoms with Gasteiger partial charge in [-0.3, -0.25) is 14.4 Å². The number of nitrogens with one attached hydrogen (secondary N) is 3. The number of amides is 3. The largest absolute Gasteiger partial charge is 0.351 e. The number of benzene rings is 2. The number of carbonyl (C=O) groups is 3. The first-order valence-electron chi connectivity index (χ1n) is 16.6. The number of halogens is 3. The standard InChI is InChI=1S/C36H47ClF2N4O3/c1-34(2,3)42-33(46)35(26-12-15-36(38,39)16-13-26)17-20-43(21-18-35)32(45)30(22-24-8-10-27(37)11-9-24)41-31(44)23-29-28-7-5-4-6-25(28)14-19-40-29/h4-11,26,29-30,40H,12-23H2,1-3H3,(H,41,44)(H,42,46)/t29?,30-/m1/s1. The SMILES string of the molecule is CC(C)(C)NC(=O)C1(C2CCC(F)(F)CC2)CCN(C(=O)[C@@H](Cc2ccc(Cl)cc2)NC(=O)CC2NCCc3ccccc32)CC1. The van der Waals surface area contributed by atoms with Crippen LogP contribution in [0.3, 0.4) is 0 Å². The smallest absolute Gasteiger partial charge is 0.248 e. The molecule has 250 valence electrons. The fourth-order valence-electron chi connectivity index (χ4n) is 7.49. The van der Waals surface area contributed by atoms with Crippen LogP contribution in [0.1, 0.15) is 88.4 Å². The third-order valence-electron chi connectivity index (χ3n) is 10.00. The van der Waals surface area contributed by atoms with Gasteiger partial charge < -0.3 is 20.9 Å². The van der Waals surface area contributed by atoms with E-state index in [9.17, 15) is 23.2 Å². The number of likely N-dealkylation sites (tertiary alicyclic amines) is 1. The van der Waals surface area contributed by atoms with E-state index in [1.165, 1.54) is 5.56 Å². The van der Waals surface area contributed by atoms with Crippen LogP contribution in [0, 0.1) is 11.3 Å². The van der Waals surface area contributed by atoms with Gasteiger partial charge in [0, 0.05) is 55.4 Å². The van der Waals surface area contributed by atoms with Crippen molar-refractivity contribution in [2.75, 3.05) is 19.6 Å².